The van der Waals surface area contributed by atoms with E-state index in [-0.39, 0.29) is 8.80 Å². The minimum Gasteiger partial charge on any atom is -0.102 e. The third-order valence-corrected chi connectivity index (χ3v) is 3.74. The Labute approximate surface area is 46.8 Å². The molecular weight excluding hydrogens is 100 g/mol. The topological polar surface area (TPSA) is 0 Å². The zero-order valence-corrected chi connectivity index (χ0v) is 6.01. The molecule has 1 aliphatic heterocycles. The molecule has 0 aromatic rings. The van der Waals surface area contributed by atoms with Crippen molar-refractivity contribution in [3.63, 3.8) is 0 Å². The highest BCUT2D eigenvalue weighted by molar-refractivity contribution is 6.63. The van der Waals surface area contributed by atoms with Gasteiger partial charge in [-0.3, -0.25) is 0 Å². The van der Waals surface area contributed by atoms with Crippen LogP contribution >= 0.6 is 0 Å². The van der Waals surface area contributed by atoms with E-state index in [4.69, 9.17) is 0 Å². The van der Waals surface area contributed by atoms with Gasteiger partial charge in [0.05, 0.1) is 8.80 Å². The number of hydrogen-bond acceptors (Lipinski definition) is 0. The lowest BCUT2D eigenvalue weighted by molar-refractivity contribution is 0.932. The van der Waals surface area contributed by atoms with Crippen molar-refractivity contribution in [3.05, 3.63) is 11.8 Å². The normalized spacial score (nSPS) is 30.7. The highest BCUT2D eigenvalue weighted by Gasteiger charge is 2.00. The Morgan fingerprint density at radius 1 is 1.57 bits per heavy atom. The molecule has 7 heavy (non-hydrogen) atoms. The fourth-order valence-corrected chi connectivity index (χ4v) is 2.71. The predicted octanol–water partition coefficient (Wildman–Crippen LogP) is 1.73. The van der Waals surface area contributed by atoms with E-state index in [1.54, 1.807) is 0 Å². The Morgan fingerprint density at radius 3 is 2.71 bits per heavy atom. The molecule has 1 heteroatoms. The molecule has 40 valence electrons. The smallest absolute Gasteiger partial charge is 0.0580 e. The zero-order valence-electron chi connectivity index (χ0n) is 4.85. The SMILES string of the molecule is C[SiH]1C=CCCC1. The van der Waals surface area contributed by atoms with Crippen LogP contribution in [0.3, 0.4) is 0 Å². The lowest BCUT2D eigenvalue weighted by Gasteiger charge is -2.06. The molecule has 1 rings (SSSR count). The molecule has 0 amide bonds. The van der Waals surface area contributed by atoms with Crippen molar-refractivity contribution >= 4 is 8.80 Å². The van der Waals surface area contributed by atoms with Gasteiger partial charge in [0.15, 0.2) is 0 Å². The molecule has 0 radical (unpaired) electrons. The quantitative estimate of drug-likeness (QED) is 0.419. The van der Waals surface area contributed by atoms with E-state index < -0.39 is 0 Å². The zero-order chi connectivity index (χ0) is 5.11. The minimum atomic E-state index is -0.275. The van der Waals surface area contributed by atoms with Gasteiger partial charge in [-0.1, -0.05) is 25.1 Å². The minimum absolute atomic E-state index is 0.275. The van der Waals surface area contributed by atoms with Crippen LogP contribution in [0.25, 0.3) is 0 Å². The van der Waals surface area contributed by atoms with Crippen LogP contribution in [0.1, 0.15) is 12.8 Å². The van der Waals surface area contributed by atoms with Gasteiger partial charge in [0.1, 0.15) is 0 Å². The Morgan fingerprint density at radius 2 is 2.43 bits per heavy atom. The number of hydrogen-bond donors (Lipinski definition) is 0. The maximum absolute atomic E-state index is 2.45. The van der Waals surface area contributed by atoms with Crippen LogP contribution < -0.4 is 0 Å². The summed E-state index contributed by atoms with van der Waals surface area (Å²) >= 11 is 0. The Kier molecular flexibility index (Phi) is 1.68. The lowest BCUT2D eigenvalue weighted by Crippen LogP contribution is -2.04. The molecule has 0 spiro atoms. The standard InChI is InChI=1S/C6H12Si/c1-7-5-3-2-4-6-7/h3,5,7H,2,4,6H2,1H3. The largest absolute Gasteiger partial charge is 0.102 e. The van der Waals surface area contributed by atoms with Gasteiger partial charge in [0.2, 0.25) is 0 Å². The van der Waals surface area contributed by atoms with E-state index in [1.165, 1.54) is 18.9 Å². The Bertz CT molecular complexity index is 76.2. The summed E-state index contributed by atoms with van der Waals surface area (Å²) in [6, 6.07) is 1.54. The third kappa shape index (κ3) is 1.47. The molecule has 1 heterocycles. The second-order valence-electron chi connectivity index (χ2n) is 2.34. The van der Waals surface area contributed by atoms with Gasteiger partial charge in [0.25, 0.3) is 0 Å². The monoisotopic (exact) mass is 112 g/mol. The van der Waals surface area contributed by atoms with E-state index in [0.29, 0.717) is 0 Å². The maximum Gasteiger partial charge on any atom is 0.0580 e. The highest BCUT2D eigenvalue weighted by Crippen LogP contribution is 2.08. The number of allylic oxidation sites excluding steroid dienone is 1. The van der Waals surface area contributed by atoms with Gasteiger partial charge in [0, 0.05) is 0 Å². The average molecular weight is 112 g/mol. The summed E-state index contributed by atoms with van der Waals surface area (Å²) in [4.78, 5) is 0. The molecule has 1 atom stereocenters. The molecule has 1 unspecified atom stereocenters. The molecule has 0 saturated heterocycles. The van der Waals surface area contributed by atoms with Crippen molar-refractivity contribution in [2.75, 3.05) is 0 Å². The molecule has 0 aliphatic carbocycles. The third-order valence-electron chi connectivity index (χ3n) is 1.49. The second kappa shape index (κ2) is 2.31. The van der Waals surface area contributed by atoms with Crippen LogP contribution in [0.2, 0.25) is 12.6 Å². The fraction of sp³-hybridized carbons (Fsp3) is 0.667. The van der Waals surface area contributed by atoms with E-state index in [1.807, 2.05) is 0 Å². The Hall–Kier alpha value is -0.0431. The molecule has 0 bridgehead atoms. The summed E-state index contributed by atoms with van der Waals surface area (Å²) < 4.78 is 0. The van der Waals surface area contributed by atoms with Crippen molar-refractivity contribution in [1.29, 1.82) is 0 Å². The van der Waals surface area contributed by atoms with Crippen LogP contribution in [-0.4, -0.2) is 8.80 Å². The molecule has 0 nitrogen and oxygen atoms in total. The van der Waals surface area contributed by atoms with E-state index in [9.17, 15) is 0 Å². The summed E-state index contributed by atoms with van der Waals surface area (Å²) in [6.45, 7) is 2.41. The van der Waals surface area contributed by atoms with E-state index >= 15 is 0 Å². The summed E-state index contributed by atoms with van der Waals surface area (Å²) in [7, 11) is -0.275. The van der Waals surface area contributed by atoms with Crippen molar-refractivity contribution in [1.82, 2.24) is 0 Å². The predicted molar refractivity (Wildman–Crippen MR) is 36.2 cm³/mol. The fourth-order valence-electron chi connectivity index (χ4n) is 0.982. The van der Waals surface area contributed by atoms with E-state index in [0.717, 1.165) is 0 Å². The highest BCUT2D eigenvalue weighted by atomic mass is 28.3. The summed E-state index contributed by atoms with van der Waals surface area (Å²) in [6.07, 6.45) is 5.15. The first-order valence-corrected chi connectivity index (χ1v) is 5.70. The molecule has 0 aromatic heterocycles. The van der Waals surface area contributed by atoms with Crippen molar-refractivity contribution in [2.24, 2.45) is 0 Å². The molecule has 0 saturated carbocycles. The first-order valence-electron chi connectivity index (χ1n) is 3.06. The molecule has 1 aliphatic rings. The molecular formula is C6H12Si. The summed E-state index contributed by atoms with van der Waals surface area (Å²) in [5.41, 5.74) is 2.45. The van der Waals surface area contributed by atoms with Gasteiger partial charge >= 0.3 is 0 Å². The van der Waals surface area contributed by atoms with Gasteiger partial charge < -0.3 is 0 Å². The van der Waals surface area contributed by atoms with Gasteiger partial charge in [-0.25, -0.2) is 0 Å². The average Bonchev–Trinajstić information content (AvgIpc) is 1.69. The Balaban J connectivity index is 2.36. The van der Waals surface area contributed by atoms with Crippen molar-refractivity contribution < 1.29 is 0 Å². The van der Waals surface area contributed by atoms with Crippen LogP contribution in [0.5, 0.6) is 0 Å². The lowest BCUT2D eigenvalue weighted by atomic mass is 10.3. The van der Waals surface area contributed by atoms with Crippen LogP contribution in [0, 0.1) is 0 Å². The summed E-state index contributed by atoms with van der Waals surface area (Å²) in [5, 5.41) is 0. The maximum atomic E-state index is 2.45. The van der Waals surface area contributed by atoms with Crippen LogP contribution in [0.4, 0.5) is 0 Å². The molecule has 0 fully saturated rings. The number of rotatable bonds is 0. The van der Waals surface area contributed by atoms with Crippen molar-refractivity contribution in [2.45, 2.75) is 25.4 Å². The van der Waals surface area contributed by atoms with E-state index in [2.05, 4.69) is 18.3 Å². The van der Waals surface area contributed by atoms with Crippen molar-refractivity contribution in [3.8, 4) is 0 Å². The van der Waals surface area contributed by atoms with Gasteiger partial charge in [-0.05, 0) is 6.42 Å². The second-order valence-corrected chi connectivity index (χ2v) is 5.25. The molecule has 0 N–H and O–H groups in total. The van der Waals surface area contributed by atoms with Gasteiger partial charge in [-0.15, -0.1) is 5.70 Å². The first kappa shape index (κ1) is 5.10. The summed E-state index contributed by atoms with van der Waals surface area (Å²) in [5.74, 6) is 0. The van der Waals surface area contributed by atoms with Crippen LogP contribution in [0.15, 0.2) is 11.8 Å². The van der Waals surface area contributed by atoms with Gasteiger partial charge in [-0.2, -0.15) is 0 Å². The first-order chi connectivity index (χ1) is 3.39. The molecule has 0 aromatic carbocycles. The van der Waals surface area contributed by atoms with Crippen LogP contribution in [-0.2, 0) is 0 Å².